The van der Waals surface area contributed by atoms with Gasteiger partial charge in [-0.3, -0.25) is 9.50 Å². The van der Waals surface area contributed by atoms with Gasteiger partial charge in [-0.1, -0.05) is 25.3 Å². The molecule has 2 N–H and O–H groups in total. The lowest BCUT2D eigenvalue weighted by Crippen LogP contribution is -2.23. The van der Waals surface area contributed by atoms with E-state index in [-0.39, 0.29) is 5.97 Å². The summed E-state index contributed by atoms with van der Waals surface area (Å²) in [6.45, 7) is 0. The van der Waals surface area contributed by atoms with Crippen molar-refractivity contribution < 1.29 is 9.53 Å². The molecule has 1 aliphatic carbocycles. The largest absolute Gasteiger partial charge is 0.465 e. The van der Waals surface area contributed by atoms with Crippen LogP contribution in [0.5, 0.6) is 0 Å². The number of imidazole rings is 1. The van der Waals surface area contributed by atoms with Crippen LogP contribution in [0.25, 0.3) is 27.8 Å². The number of methoxy groups -OCH3 is 1. The second-order valence-electron chi connectivity index (χ2n) is 7.60. The Morgan fingerprint density at radius 1 is 1.21 bits per heavy atom. The Morgan fingerprint density at radius 3 is 2.90 bits per heavy atom. The molecule has 0 radical (unpaired) electrons. The van der Waals surface area contributed by atoms with Gasteiger partial charge in [-0.25, -0.2) is 9.78 Å². The van der Waals surface area contributed by atoms with E-state index in [1.807, 2.05) is 22.9 Å². The highest BCUT2D eigenvalue weighted by Crippen LogP contribution is 2.33. The van der Waals surface area contributed by atoms with Gasteiger partial charge in [-0.05, 0) is 37.1 Å². The van der Waals surface area contributed by atoms with Crippen molar-refractivity contribution in [1.29, 1.82) is 0 Å². The average Bonchev–Trinajstić information content (AvgIpc) is 3.37. The van der Waals surface area contributed by atoms with Gasteiger partial charge in [0.2, 0.25) is 0 Å². The summed E-state index contributed by atoms with van der Waals surface area (Å²) < 4.78 is 6.89. The highest BCUT2D eigenvalue weighted by Gasteiger charge is 2.21. The number of rotatable bonds is 4. The number of nitrogens with zero attached hydrogens (tertiary/aromatic N) is 3. The molecule has 29 heavy (non-hydrogen) atoms. The zero-order valence-corrected chi connectivity index (χ0v) is 16.3. The minimum absolute atomic E-state index is 0.362. The van der Waals surface area contributed by atoms with E-state index >= 15 is 0 Å². The van der Waals surface area contributed by atoms with Gasteiger partial charge < -0.3 is 10.1 Å². The van der Waals surface area contributed by atoms with E-state index in [1.54, 1.807) is 12.1 Å². The normalized spacial score (nSPS) is 15.1. The molecule has 1 saturated carbocycles. The molecular weight excluding hydrogens is 366 g/mol. The number of pyridine rings is 1. The number of esters is 1. The molecule has 0 amide bonds. The fourth-order valence-corrected chi connectivity index (χ4v) is 4.16. The highest BCUT2D eigenvalue weighted by molar-refractivity contribution is 5.91. The van der Waals surface area contributed by atoms with Gasteiger partial charge in [0.15, 0.2) is 0 Å². The number of ether oxygens (including phenoxy) is 1. The first-order valence-corrected chi connectivity index (χ1v) is 10.0. The van der Waals surface area contributed by atoms with Crippen LogP contribution in [0.1, 0.15) is 42.5 Å². The molecule has 0 aliphatic heterocycles. The van der Waals surface area contributed by atoms with Crippen LogP contribution in [0.3, 0.4) is 0 Å². The lowest BCUT2D eigenvalue weighted by molar-refractivity contribution is 0.0600. The smallest absolute Gasteiger partial charge is 0.338 e. The van der Waals surface area contributed by atoms with Crippen LogP contribution >= 0.6 is 0 Å². The molecule has 3 heterocycles. The Labute approximate surface area is 168 Å². The van der Waals surface area contributed by atoms with Gasteiger partial charge in [0.25, 0.3) is 0 Å². The van der Waals surface area contributed by atoms with Crippen molar-refractivity contribution in [2.75, 3.05) is 12.4 Å². The topological polar surface area (TPSA) is 84.3 Å². The van der Waals surface area contributed by atoms with Crippen molar-refractivity contribution in [1.82, 2.24) is 19.6 Å². The maximum Gasteiger partial charge on any atom is 0.338 e. The first-order chi connectivity index (χ1) is 14.2. The number of carbonyl (C=O) groups excluding carboxylic acids is 1. The summed E-state index contributed by atoms with van der Waals surface area (Å²) in [6, 6.07) is 10.1. The zero-order valence-electron chi connectivity index (χ0n) is 16.3. The van der Waals surface area contributed by atoms with Crippen LogP contribution in [0.2, 0.25) is 0 Å². The van der Waals surface area contributed by atoms with Crippen molar-refractivity contribution in [3.05, 3.63) is 48.3 Å². The minimum atomic E-state index is -0.362. The van der Waals surface area contributed by atoms with E-state index in [0.717, 1.165) is 40.8 Å². The predicted molar refractivity (Wildman–Crippen MR) is 112 cm³/mol. The number of nitrogens with one attached hydrogen (secondary N) is 2. The van der Waals surface area contributed by atoms with Crippen molar-refractivity contribution in [3.63, 3.8) is 0 Å². The fraction of sp³-hybridized carbons (Fsp3) is 0.318. The first-order valence-electron chi connectivity index (χ1n) is 10.0. The molecule has 1 aliphatic rings. The molecule has 0 bridgehead atoms. The summed E-state index contributed by atoms with van der Waals surface area (Å²) >= 11 is 0. The third-order valence-electron chi connectivity index (χ3n) is 5.71. The summed E-state index contributed by atoms with van der Waals surface area (Å²) in [5.41, 5.74) is 4.09. The van der Waals surface area contributed by atoms with E-state index < -0.39 is 0 Å². The molecule has 4 aromatic rings. The third-order valence-corrected chi connectivity index (χ3v) is 5.71. The fourth-order valence-electron chi connectivity index (χ4n) is 4.16. The van der Waals surface area contributed by atoms with E-state index in [0.29, 0.717) is 17.3 Å². The summed E-state index contributed by atoms with van der Waals surface area (Å²) in [5, 5.41) is 11.9. The Hall–Kier alpha value is -3.35. The number of aromatic amines is 1. The van der Waals surface area contributed by atoms with Crippen molar-refractivity contribution >= 4 is 28.3 Å². The molecule has 1 aromatic carbocycles. The van der Waals surface area contributed by atoms with Crippen LogP contribution in [-0.2, 0) is 4.74 Å². The second kappa shape index (κ2) is 7.24. The molecule has 0 spiro atoms. The molecular formula is C22H23N5O2. The van der Waals surface area contributed by atoms with Crippen molar-refractivity contribution in [2.24, 2.45) is 0 Å². The Kier molecular flexibility index (Phi) is 4.42. The predicted octanol–water partition coefficient (Wildman–Crippen LogP) is 4.41. The molecule has 3 aromatic heterocycles. The van der Waals surface area contributed by atoms with E-state index in [9.17, 15) is 4.79 Å². The van der Waals surface area contributed by atoms with Crippen LogP contribution < -0.4 is 5.32 Å². The maximum atomic E-state index is 12.0. The maximum absolute atomic E-state index is 12.0. The lowest BCUT2D eigenvalue weighted by atomic mass is 9.95. The molecule has 0 atom stereocenters. The van der Waals surface area contributed by atoms with Crippen molar-refractivity contribution in [3.8, 4) is 11.3 Å². The van der Waals surface area contributed by atoms with Crippen molar-refractivity contribution in [2.45, 2.75) is 38.1 Å². The number of aromatic nitrogens is 4. The summed E-state index contributed by atoms with van der Waals surface area (Å²) in [4.78, 5) is 16.8. The summed E-state index contributed by atoms with van der Waals surface area (Å²) in [6.07, 6.45) is 9.82. The lowest BCUT2D eigenvalue weighted by Gasteiger charge is -2.24. The molecule has 1 fully saturated rings. The van der Waals surface area contributed by atoms with Gasteiger partial charge >= 0.3 is 5.97 Å². The van der Waals surface area contributed by atoms with Gasteiger partial charge in [0.05, 0.1) is 24.4 Å². The van der Waals surface area contributed by atoms with E-state index in [1.165, 1.54) is 26.4 Å². The van der Waals surface area contributed by atoms with Gasteiger partial charge in [0.1, 0.15) is 17.2 Å². The molecule has 5 rings (SSSR count). The standard InChI is InChI=1S/C22H23N5O2/c1-29-22(28)15-9-10-27-19(12-15)25-20(21(27)24-17-5-3-2-4-6-17)14-7-8-18-16(11-14)13-23-26-18/h7-13,17,24H,2-6H2,1H3,(H,23,26). The Balaban J connectivity index is 1.64. The number of hydrogen-bond donors (Lipinski definition) is 2. The zero-order chi connectivity index (χ0) is 19.8. The molecule has 7 nitrogen and oxygen atoms in total. The SMILES string of the molecule is COC(=O)c1ccn2c(NC3CCCCC3)c(-c3ccc4[nH]ncc4c3)nc2c1. The van der Waals surface area contributed by atoms with Gasteiger partial charge in [-0.15, -0.1) is 0 Å². The first kappa shape index (κ1) is 17.7. The molecule has 0 unspecified atom stereocenters. The number of H-pyrrole nitrogens is 1. The second-order valence-corrected chi connectivity index (χ2v) is 7.60. The van der Waals surface area contributed by atoms with E-state index in [4.69, 9.17) is 9.72 Å². The highest BCUT2D eigenvalue weighted by atomic mass is 16.5. The molecule has 7 heteroatoms. The monoisotopic (exact) mass is 389 g/mol. The van der Waals surface area contributed by atoms with Crippen LogP contribution in [-0.4, -0.2) is 38.7 Å². The van der Waals surface area contributed by atoms with Gasteiger partial charge in [0, 0.05) is 23.2 Å². The number of anilines is 1. The summed E-state index contributed by atoms with van der Waals surface area (Å²) in [5.74, 6) is 0.602. The molecule has 148 valence electrons. The Bertz CT molecular complexity index is 1190. The third kappa shape index (κ3) is 3.22. The minimum Gasteiger partial charge on any atom is -0.465 e. The van der Waals surface area contributed by atoms with E-state index in [2.05, 4.69) is 27.6 Å². The number of fused-ring (bicyclic) bond motifs is 2. The number of carbonyl (C=O) groups is 1. The van der Waals surface area contributed by atoms with Gasteiger partial charge in [-0.2, -0.15) is 5.10 Å². The average molecular weight is 389 g/mol. The van der Waals surface area contributed by atoms with Crippen LogP contribution in [0.15, 0.2) is 42.7 Å². The summed E-state index contributed by atoms with van der Waals surface area (Å²) in [7, 11) is 1.39. The Morgan fingerprint density at radius 2 is 2.07 bits per heavy atom. The quantitative estimate of drug-likeness (QED) is 0.505. The molecule has 0 saturated heterocycles. The number of hydrogen-bond acceptors (Lipinski definition) is 5. The van der Waals surface area contributed by atoms with Crippen LogP contribution in [0.4, 0.5) is 5.82 Å². The van der Waals surface area contributed by atoms with Crippen LogP contribution in [0, 0.1) is 0 Å². The number of benzene rings is 1.